The number of hydrogen-bond acceptors (Lipinski definition) is 2. The van der Waals surface area contributed by atoms with Crippen LogP contribution in [0.5, 0.6) is 0 Å². The first-order chi connectivity index (χ1) is 9.97. The molecular weight excluding hydrogens is 328 g/mol. The number of rotatable bonds is 3. The first-order valence-electron chi connectivity index (χ1n) is 8.40. The summed E-state index contributed by atoms with van der Waals surface area (Å²) in [7, 11) is 1.99. The van der Waals surface area contributed by atoms with Crippen molar-refractivity contribution in [1.29, 1.82) is 0 Å². The molecule has 118 valence electrons. The molecule has 0 aromatic carbocycles. The third-order valence-corrected chi connectivity index (χ3v) is 6.82. The number of nitrogens with zero attached hydrogens (tertiary/aromatic N) is 2. The molecule has 0 bridgehead atoms. The molecule has 3 rings (SSSR count). The Morgan fingerprint density at radius 2 is 1.76 bits per heavy atom. The molecule has 0 radical (unpaired) electrons. The minimum Gasteiger partial charge on any atom is -0.389 e. The van der Waals surface area contributed by atoms with Crippen LogP contribution < -0.4 is 0 Å². The van der Waals surface area contributed by atoms with Crippen LogP contribution in [-0.4, -0.2) is 20.5 Å². The Bertz CT molecular complexity index is 507. The third-order valence-electron chi connectivity index (χ3n) is 5.91. The van der Waals surface area contributed by atoms with E-state index in [0.29, 0.717) is 5.41 Å². The van der Waals surface area contributed by atoms with Crippen LogP contribution in [-0.2, 0) is 19.9 Å². The van der Waals surface area contributed by atoms with Crippen molar-refractivity contribution < 1.29 is 5.11 Å². The van der Waals surface area contributed by atoms with E-state index in [2.05, 4.69) is 28.0 Å². The van der Waals surface area contributed by atoms with Crippen LogP contribution in [0.4, 0.5) is 0 Å². The first-order valence-corrected chi connectivity index (χ1v) is 9.19. The minimum absolute atomic E-state index is 0.533. The van der Waals surface area contributed by atoms with E-state index in [1.165, 1.54) is 38.5 Å². The summed E-state index contributed by atoms with van der Waals surface area (Å²) in [4.78, 5) is 0. The molecule has 0 saturated heterocycles. The monoisotopic (exact) mass is 354 g/mol. The van der Waals surface area contributed by atoms with Crippen LogP contribution in [0.25, 0.3) is 0 Å². The second-order valence-electron chi connectivity index (χ2n) is 7.29. The van der Waals surface area contributed by atoms with E-state index in [1.54, 1.807) is 0 Å². The van der Waals surface area contributed by atoms with Gasteiger partial charge in [-0.3, -0.25) is 4.68 Å². The van der Waals surface area contributed by atoms with Gasteiger partial charge in [0.25, 0.3) is 0 Å². The summed E-state index contributed by atoms with van der Waals surface area (Å²) in [6.45, 7) is 2.12. The fourth-order valence-electron chi connectivity index (χ4n) is 4.37. The van der Waals surface area contributed by atoms with Crippen molar-refractivity contribution in [3.05, 3.63) is 15.9 Å². The molecule has 21 heavy (non-hydrogen) atoms. The summed E-state index contributed by atoms with van der Waals surface area (Å²) in [5.41, 5.74) is 2.29. The van der Waals surface area contributed by atoms with Crippen molar-refractivity contribution in [3.8, 4) is 0 Å². The number of aromatic nitrogens is 2. The first kappa shape index (κ1) is 15.5. The Balaban J connectivity index is 1.72. The van der Waals surface area contributed by atoms with E-state index in [9.17, 15) is 5.11 Å². The largest absolute Gasteiger partial charge is 0.389 e. The molecule has 0 amide bonds. The van der Waals surface area contributed by atoms with Gasteiger partial charge in [0.05, 0.1) is 21.5 Å². The fraction of sp³-hybridized carbons (Fsp3) is 0.824. The highest BCUT2D eigenvalue weighted by molar-refractivity contribution is 9.10. The Hall–Kier alpha value is -0.350. The predicted molar refractivity (Wildman–Crippen MR) is 88.3 cm³/mol. The van der Waals surface area contributed by atoms with Crippen molar-refractivity contribution >= 4 is 15.9 Å². The van der Waals surface area contributed by atoms with Crippen molar-refractivity contribution in [1.82, 2.24) is 9.78 Å². The molecule has 1 aromatic rings. The van der Waals surface area contributed by atoms with Gasteiger partial charge in [-0.15, -0.1) is 0 Å². The summed E-state index contributed by atoms with van der Waals surface area (Å²) >= 11 is 3.68. The molecule has 2 aliphatic rings. The molecule has 2 aliphatic carbocycles. The fourth-order valence-corrected chi connectivity index (χ4v) is 5.13. The summed E-state index contributed by atoms with van der Waals surface area (Å²) in [6, 6.07) is 0. The molecule has 4 heteroatoms. The normalized spacial score (nSPS) is 23.8. The molecule has 0 atom stereocenters. The zero-order valence-electron chi connectivity index (χ0n) is 13.3. The van der Waals surface area contributed by atoms with Crippen molar-refractivity contribution in [2.24, 2.45) is 12.5 Å². The lowest BCUT2D eigenvalue weighted by Gasteiger charge is -2.42. The molecular formula is C17H27BrN2O. The summed E-state index contributed by atoms with van der Waals surface area (Å²) in [6.07, 6.45) is 11.5. The summed E-state index contributed by atoms with van der Waals surface area (Å²) in [5, 5.41) is 15.6. The molecule has 3 nitrogen and oxygen atoms in total. The Labute approximate surface area is 136 Å². The second-order valence-corrected chi connectivity index (χ2v) is 8.09. The number of aliphatic hydroxyl groups is 1. The summed E-state index contributed by atoms with van der Waals surface area (Å²) < 4.78 is 3.04. The van der Waals surface area contributed by atoms with Gasteiger partial charge in [0.2, 0.25) is 0 Å². The van der Waals surface area contributed by atoms with Gasteiger partial charge in [0, 0.05) is 13.5 Å². The average Bonchev–Trinajstić information content (AvgIpc) is 3.03. The Kier molecular flexibility index (Phi) is 4.21. The van der Waals surface area contributed by atoms with E-state index < -0.39 is 5.60 Å². The van der Waals surface area contributed by atoms with Crippen LogP contribution in [0.2, 0.25) is 0 Å². The van der Waals surface area contributed by atoms with Gasteiger partial charge >= 0.3 is 0 Å². The lowest BCUT2D eigenvalue weighted by atomic mass is 9.66. The average molecular weight is 355 g/mol. The molecule has 0 unspecified atom stereocenters. The highest BCUT2D eigenvalue weighted by Crippen LogP contribution is 2.51. The van der Waals surface area contributed by atoms with Gasteiger partial charge in [0.1, 0.15) is 0 Å². The Morgan fingerprint density at radius 3 is 2.29 bits per heavy atom. The van der Waals surface area contributed by atoms with Crippen molar-refractivity contribution in [2.45, 2.75) is 76.7 Å². The quantitative estimate of drug-likeness (QED) is 0.884. The van der Waals surface area contributed by atoms with Crippen molar-refractivity contribution in [3.63, 3.8) is 0 Å². The van der Waals surface area contributed by atoms with E-state index in [1.807, 2.05) is 11.7 Å². The molecule has 1 heterocycles. The number of hydrogen-bond donors (Lipinski definition) is 1. The van der Waals surface area contributed by atoms with Crippen LogP contribution in [0.1, 0.15) is 69.7 Å². The SMILES string of the molecule is CCc1nn(C)c(CC2(O)CCC3(CCCC3)CC2)c1Br. The van der Waals surface area contributed by atoms with Gasteiger partial charge in [-0.1, -0.05) is 19.8 Å². The van der Waals surface area contributed by atoms with Crippen molar-refractivity contribution in [2.75, 3.05) is 0 Å². The topological polar surface area (TPSA) is 38.0 Å². The molecule has 2 fully saturated rings. The lowest BCUT2D eigenvalue weighted by molar-refractivity contribution is -0.0335. The number of aryl methyl sites for hydroxylation is 2. The van der Waals surface area contributed by atoms with E-state index in [4.69, 9.17) is 0 Å². The van der Waals surface area contributed by atoms with Crippen LogP contribution in [0, 0.1) is 5.41 Å². The van der Waals surface area contributed by atoms with Gasteiger partial charge in [-0.2, -0.15) is 5.10 Å². The van der Waals surface area contributed by atoms with Gasteiger partial charge in [0.15, 0.2) is 0 Å². The van der Waals surface area contributed by atoms with Gasteiger partial charge in [-0.25, -0.2) is 0 Å². The van der Waals surface area contributed by atoms with E-state index in [0.717, 1.165) is 41.5 Å². The third kappa shape index (κ3) is 2.94. The zero-order valence-corrected chi connectivity index (χ0v) is 14.9. The summed E-state index contributed by atoms with van der Waals surface area (Å²) in [5.74, 6) is 0. The van der Waals surface area contributed by atoms with Crippen LogP contribution in [0.15, 0.2) is 4.47 Å². The molecule has 0 aliphatic heterocycles. The van der Waals surface area contributed by atoms with Crippen LogP contribution in [0.3, 0.4) is 0 Å². The van der Waals surface area contributed by atoms with Gasteiger partial charge < -0.3 is 5.11 Å². The maximum absolute atomic E-state index is 11.0. The molecule has 1 aromatic heterocycles. The van der Waals surface area contributed by atoms with Crippen LogP contribution >= 0.6 is 15.9 Å². The molecule has 1 spiro atoms. The molecule has 1 N–H and O–H groups in total. The van der Waals surface area contributed by atoms with E-state index in [-0.39, 0.29) is 0 Å². The van der Waals surface area contributed by atoms with E-state index >= 15 is 0 Å². The maximum Gasteiger partial charge on any atom is 0.0766 e. The minimum atomic E-state index is -0.533. The predicted octanol–water partition coefficient (Wildman–Crippen LogP) is 4.15. The lowest BCUT2D eigenvalue weighted by Crippen LogP contribution is -2.40. The van der Waals surface area contributed by atoms with Gasteiger partial charge in [-0.05, 0) is 66.3 Å². The maximum atomic E-state index is 11.0. The standard InChI is InChI=1S/C17H27BrN2O/c1-3-13-15(18)14(20(2)19-13)12-17(21)10-8-16(9-11-17)6-4-5-7-16/h21H,3-12H2,1-2H3. The Morgan fingerprint density at radius 1 is 1.14 bits per heavy atom. The zero-order chi connectivity index (χ0) is 15.1. The smallest absolute Gasteiger partial charge is 0.0766 e. The second kappa shape index (κ2) is 5.69. The highest BCUT2D eigenvalue weighted by Gasteiger charge is 2.43. The molecule has 2 saturated carbocycles. The number of halogens is 1. The highest BCUT2D eigenvalue weighted by atomic mass is 79.9.